The molecule has 1 atom stereocenters. The molecule has 8 nitrogen and oxygen atoms in total. The van der Waals surface area contributed by atoms with Crippen LogP contribution in [-0.2, 0) is 17.7 Å². The summed E-state index contributed by atoms with van der Waals surface area (Å²) >= 11 is 0. The van der Waals surface area contributed by atoms with Crippen molar-refractivity contribution in [1.29, 1.82) is 0 Å². The predicted octanol–water partition coefficient (Wildman–Crippen LogP) is 3.83. The molecule has 32 heavy (non-hydrogen) atoms. The Morgan fingerprint density at radius 1 is 1.31 bits per heavy atom. The number of guanidine groups is 1. The van der Waals surface area contributed by atoms with Crippen molar-refractivity contribution in [2.45, 2.75) is 52.5 Å². The molecule has 0 spiro atoms. The Morgan fingerprint density at radius 3 is 2.84 bits per heavy atom. The van der Waals surface area contributed by atoms with Crippen molar-refractivity contribution in [3.05, 3.63) is 41.0 Å². The summed E-state index contributed by atoms with van der Waals surface area (Å²) in [6, 6.07) is 6.31. The lowest BCUT2D eigenvalue weighted by Crippen LogP contribution is -2.37. The monoisotopic (exact) mass is 557 g/mol. The number of nitrogens with zero attached hydrogens (tertiary/aromatic N) is 3. The van der Waals surface area contributed by atoms with Crippen LogP contribution in [0.25, 0.3) is 0 Å². The number of aromatic nitrogens is 2. The lowest BCUT2D eigenvalue weighted by Gasteiger charge is -2.17. The number of aryl methyl sites for hydroxylation is 2. The van der Waals surface area contributed by atoms with Crippen LogP contribution in [-0.4, -0.2) is 49.5 Å². The van der Waals surface area contributed by atoms with Gasteiger partial charge in [-0.1, -0.05) is 31.1 Å². The molecule has 1 aromatic heterocycles. The Balaban J connectivity index is 0.00000363. The van der Waals surface area contributed by atoms with E-state index < -0.39 is 0 Å². The van der Waals surface area contributed by atoms with Gasteiger partial charge in [-0.15, -0.1) is 24.0 Å². The summed E-state index contributed by atoms with van der Waals surface area (Å²) < 4.78 is 16.9. The van der Waals surface area contributed by atoms with Gasteiger partial charge in [-0.3, -0.25) is 4.99 Å². The summed E-state index contributed by atoms with van der Waals surface area (Å²) in [6.07, 6.45) is 2.69. The van der Waals surface area contributed by atoms with Crippen LogP contribution in [0.1, 0.15) is 55.4 Å². The molecule has 0 amide bonds. The van der Waals surface area contributed by atoms with Gasteiger partial charge in [-0.05, 0) is 31.4 Å². The summed E-state index contributed by atoms with van der Waals surface area (Å²) in [5.74, 6) is 3.88. The fraction of sp³-hybridized carbons (Fsp3) is 0.609. The molecule has 0 saturated carbocycles. The highest BCUT2D eigenvalue weighted by Crippen LogP contribution is 2.22. The summed E-state index contributed by atoms with van der Waals surface area (Å²) in [7, 11) is 1.77. The largest absolute Gasteiger partial charge is 0.493 e. The summed E-state index contributed by atoms with van der Waals surface area (Å²) in [5, 5.41) is 10.7. The predicted molar refractivity (Wildman–Crippen MR) is 136 cm³/mol. The van der Waals surface area contributed by atoms with E-state index >= 15 is 0 Å². The second-order valence-corrected chi connectivity index (χ2v) is 8.31. The van der Waals surface area contributed by atoms with Crippen molar-refractivity contribution < 1.29 is 14.0 Å². The van der Waals surface area contributed by atoms with Crippen LogP contribution in [0.15, 0.2) is 27.7 Å². The topological polar surface area (TPSA) is 93.8 Å². The average Bonchev–Trinajstić information content (AvgIpc) is 3.45. The van der Waals surface area contributed by atoms with Gasteiger partial charge in [0.1, 0.15) is 5.75 Å². The van der Waals surface area contributed by atoms with Crippen LogP contribution >= 0.6 is 24.0 Å². The van der Waals surface area contributed by atoms with Crippen LogP contribution < -0.4 is 15.4 Å². The third-order valence-electron chi connectivity index (χ3n) is 5.25. The zero-order chi connectivity index (χ0) is 22.1. The molecule has 1 unspecified atom stereocenters. The molecule has 1 saturated heterocycles. The number of hydrogen-bond donors (Lipinski definition) is 2. The highest BCUT2D eigenvalue weighted by Gasteiger charge is 2.17. The molecule has 0 bridgehead atoms. The standard InChI is InChI=1S/C23H35N5O3.HI/c1-16(2)22-27-21(31-28-22)6-5-10-25-23(24-4)26-13-19-8-7-17(3)12-20(19)30-15-18-9-11-29-14-18;/h7-8,12,16,18H,5-6,9-11,13-15H2,1-4H3,(H2,24,25,26);1H. The van der Waals surface area contributed by atoms with E-state index in [1.807, 2.05) is 0 Å². The van der Waals surface area contributed by atoms with Crippen LogP contribution in [0.3, 0.4) is 0 Å². The van der Waals surface area contributed by atoms with Crippen molar-refractivity contribution in [3.63, 3.8) is 0 Å². The molecule has 9 heteroatoms. The quantitative estimate of drug-likeness (QED) is 0.199. The van der Waals surface area contributed by atoms with Crippen LogP contribution in [0, 0.1) is 12.8 Å². The fourth-order valence-electron chi connectivity index (χ4n) is 3.31. The Bertz CT molecular complexity index is 850. The molecule has 178 valence electrons. The van der Waals surface area contributed by atoms with Gasteiger partial charge >= 0.3 is 0 Å². The van der Waals surface area contributed by atoms with Crippen molar-refractivity contribution in [2.75, 3.05) is 33.4 Å². The van der Waals surface area contributed by atoms with Gasteiger partial charge in [-0.25, -0.2) is 0 Å². The zero-order valence-electron chi connectivity index (χ0n) is 19.5. The maximum absolute atomic E-state index is 6.13. The zero-order valence-corrected chi connectivity index (χ0v) is 21.8. The van der Waals surface area contributed by atoms with Gasteiger partial charge in [0.15, 0.2) is 11.8 Å². The molecule has 3 rings (SSSR count). The molecular formula is C23H36IN5O3. The van der Waals surface area contributed by atoms with E-state index in [4.69, 9.17) is 14.0 Å². The number of rotatable bonds is 10. The van der Waals surface area contributed by atoms with Gasteiger partial charge in [0.05, 0.1) is 13.2 Å². The third-order valence-corrected chi connectivity index (χ3v) is 5.25. The number of benzene rings is 1. The van der Waals surface area contributed by atoms with E-state index in [0.717, 1.165) is 62.1 Å². The van der Waals surface area contributed by atoms with Gasteiger partial charge in [0.25, 0.3) is 0 Å². The summed E-state index contributed by atoms with van der Waals surface area (Å²) in [4.78, 5) is 8.73. The fourth-order valence-corrected chi connectivity index (χ4v) is 3.31. The molecular weight excluding hydrogens is 521 g/mol. The number of ether oxygens (including phenoxy) is 2. The first-order chi connectivity index (χ1) is 15.0. The lowest BCUT2D eigenvalue weighted by molar-refractivity contribution is 0.166. The molecule has 1 aliphatic heterocycles. The molecule has 2 heterocycles. The minimum Gasteiger partial charge on any atom is -0.493 e. The van der Waals surface area contributed by atoms with E-state index in [1.54, 1.807) is 7.05 Å². The molecule has 1 fully saturated rings. The number of hydrogen-bond acceptors (Lipinski definition) is 6. The number of nitrogens with one attached hydrogen (secondary N) is 2. The second kappa shape index (κ2) is 13.6. The van der Waals surface area contributed by atoms with Gasteiger partial charge in [-0.2, -0.15) is 4.98 Å². The average molecular weight is 557 g/mol. The maximum atomic E-state index is 6.13. The Morgan fingerprint density at radius 2 is 2.16 bits per heavy atom. The normalized spacial score (nSPS) is 16.2. The Hall–Kier alpha value is -1.88. The van der Waals surface area contributed by atoms with Gasteiger partial charge in [0.2, 0.25) is 5.89 Å². The van der Waals surface area contributed by atoms with Crippen LogP contribution in [0.2, 0.25) is 0 Å². The first-order valence-electron chi connectivity index (χ1n) is 11.1. The van der Waals surface area contributed by atoms with E-state index in [2.05, 4.69) is 64.7 Å². The Kier molecular flexibility index (Phi) is 11.2. The first kappa shape index (κ1) is 26.4. The highest BCUT2D eigenvalue weighted by molar-refractivity contribution is 14.0. The van der Waals surface area contributed by atoms with Crippen molar-refractivity contribution in [2.24, 2.45) is 10.9 Å². The molecule has 1 aliphatic rings. The number of aliphatic imine (C=N–C) groups is 1. The summed E-state index contributed by atoms with van der Waals surface area (Å²) in [6.45, 7) is 9.91. The Labute approximate surface area is 208 Å². The third kappa shape index (κ3) is 8.23. The molecule has 1 aromatic carbocycles. The molecule has 2 N–H and O–H groups in total. The lowest BCUT2D eigenvalue weighted by atomic mass is 10.1. The minimum absolute atomic E-state index is 0. The van der Waals surface area contributed by atoms with Crippen LogP contribution in [0.5, 0.6) is 5.75 Å². The van der Waals surface area contributed by atoms with E-state index in [-0.39, 0.29) is 29.9 Å². The summed E-state index contributed by atoms with van der Waals surface area (Å²) in [5.41, 5.74) is 2.30. The minimum atomic E-state index is 0. The van der Waals surface area contributed by atoms with E-state index in [9.17, 15) is 0 Å². The number of halogens is 1. The van der Waals surface area contributed by atoms with Crippen molar-refractivity contribution in [3.8, 4) is 5.75 Å². The molecule has 0 aliphatic carbocycles. The van der Waals surface area contributed by atoms with Gasteiger partial charge in [0, 0.05) is 50.6 Å². The van der Waals surface area contributed by atoms with Crippen LogP contribution in [0.4, 0.5) is 0 Å². The molecule has 2 aromatic rings. The van der Waals surface area contributed by atoms with Crippen molar-refractivity contribution in [1.82, 2.24) is 20.8 Å². The van der Waals surface area contributed by atoms with Gasteiger partial charge < -0.3 is 24.6 Å². The smallest absolute Gasteiger partial charge is 0.226 e. The molecule has 0 radical (unpaired) electrons. The maximum Gasteiger partial charge on any atom is 0.226 e. The van der Waals surface area contributed by atoms with Crippen molar-refractivity contribution >= 4 is 29.9 Å². The highest BCUT2D eigenvalue weighted by atomic mass is 127. The van der Waals surface area contributed by atoms with E-state index in [0.29, 0.717) is 25.0 Å². The SMILES string of the molecule is CN=C(NCCCc1nc(C(C)C)no1)NCc1ccc(C)cc1OCC1CCOC1.I. The van der Waals surface area contributed by atoms with E-state index in [1.165, 1.54) is 5.56 Å². The second-order valence-electron chi connectivity index (χ2n) is 8.31. The first-order valence-corrected chi connectivity index (χ1v) is 11.1.